The summed E-state index contributed by atoms with van der Waals surface area (Å²) in [5.74, 6) is 0. The molecule has 3 nitrogen and oxygen atoms in total. The molecule has 0 aliphatic carbocycles. The summed E-state index contributed by atoms with van der Waals surface area (Å²) in [6.07, 6.45) is 0. The van der Waals surface area contributed by atoms with Crippen molar-refractivity contribution in [1.82, 2.24) is 0 Å². The van der Waals surface area contributed by atoms with Crippen molar-refractivity contribution in [3.8, 4) is 22.3 Å². The van der Waals surface area contributed by atoms with Crippen molar-refractivity contribution in [1.29, 1.82) is 0 Å². The maximum Gasteiger partial charge on any atom is 0.160 e. The topological polar surface area (TPSA) is 29.5 Å². The van der Waals surface area contributed by atoms with E-state index in [1.54, 1.807) is 0 Å². The Balaban J connectivity index is 1.23. The summed E-state index contributed by atoms with van der Waals surface area (Å²) in [6.45, 7) is 0. The Morgan fingerprint density at radius 3 is 1.71 bits per heavy atom. The Morgan fingerprint density at radius 1 is 0.356 bits per heavy atom. The highest BCUT2D eigenvalue weighted by atomic mass is 16.3. The van der Waals surface area contributed by atoms with E-state index in [1.165, 1.54) is 0 Å². The standard InChI is InChI=1S/C42H27NO2/c1-3-12-28(13-4-1)32-26-27-37(42-40(32)36-17-8-10-21-39(36)45-42)43(30-14-5-2-6-15-30)31-24-22-29(23-25-31)33-18-11-19-35-34-16-7-9-20-38(34)44-41(33)35/h1-27H. The smallest absolute Gasteiger partial charge is 0.160 e. The van der Waals surface area contributed by atoms with Gasteiger partial charge in [-0.3, -0.25) is 0 Å². The van der Waals surface area contributed by atoms with Gasteiger partial charge < -0.3 is 13.7 Å². The summed E-state index contributed by atoms with van der Waals surface area (Å²) >= 11 is 0. The summed E-state index contributed by atoms with van der Waals surface area (Å²) in [5, 5.41) is 4.48. The number of anilines is 3. The quantitative estimate of drug-likeness (QED) is 0.204. The largest absolute Gasteiger partial charge is 0.455 e. The van der Waals surface area contributed by atoms with Gasteiger partial charge in [0, 0.05) is 38.5 Å². The Morgan fingerprint density at radius 2 is 0.933 bits per heavy atom. The second-order valence-electron chi connectivity index (χ2n) is 11.3. The minimum absolute atomic E-state index is 0.859. The average Bonchev–Trinajstić information content (AvgIpc) is 3.69. The van der Waals surface area contributed by atoms with E-state index in [0.717, 1.165) is 83.2 Å². The highest BCUT2D eigenvalue weighted by Gasteiger charge is 2.22. The molecule has 212 valence electrons. The van der Waals surface area contributed by atoms with Gasteiger partial charge in [-0.15, -0.1) is 0 Å². The Hall–Kier alpha value is -6.06. The molecule has 0 unspecified atom stereocenters. The van der Waals surface area contributed by atoms with Crippen molar-refractivity contribution in [3.05, 3.63) is 164 Å². The van der Waals surface area contributed by atoms with Crippen LogP contribution in [-0.2, 0) is 0 Å². The van der Waals surface area contributed by atoms with Crippen molar-refractivity contribution in [2.24, 2.45) is 0 Å². The molecule has 0 aliphatic heterocycles. The predicted octanol–water partition coefficient (Wildman–Crippen LogP) is 12.3. The number of hydrogen-bond acceptors (Lipinski definition) is 3. The van der Waals surface area contributed by atoms with Gasteiger partial charge in [0.25, 0.3) is 0 Å². The second kappa shape index (κ2) is 10.3. The van der Waals surface area contributed by atoms with Crippen LogP contribution in [0.15, 0.2) is 173 Å². The van der Waals surface area contributed by atoms with Gasteiger partial charge in [-0.2, -0.15) is 0 Å². The number of fused-ring (bicyclic) bond motifs is 6. The van der Waals surface area contributed by atoms with Crippen LogP contribution >= 0.6 is 0 Å². The highest BCUT2D eigenvalue weighted by molar-refractivity contribution is 6.17. The molecule has 0 radical (unpaired) electrons. The number of furan rings is 2. The molecule has 2 heterocycles. The van der Waals surface area contributed by atoms with Gasteiger partial charge in [-0.1, -0.05) is 121 Å². The van der Waals surface area contributed by atoms with E-state index >= 15 is 0 Å². The molecule has 0 spiro atoms. The van der Waals surface area contributed by atoms with E-state index in [-0.39, 0.29) is 0 Å². The van der Waals surface area contributed by atoms with Crippen LogP contribution in [-0.4, -0.2) is 0 Å². The molecule has 0 saturated heterocycles. The number of nitrogens with zero attached hydrogens (tertiary/aromatic N) is 1. The van der Waals surface area contributed by atoms with Crippen LogP contribution in [0.5, 0.6) is 0 Å². The third-order valence-corrected chi connectivity index (χ3v) is 8.69. The highest BCUT2D eigenvalue weighted by Crippen LogP contribution is 2.46. The number of rotatable bonds is 5. The normalized spacial score (nSPS) is 11.6. The molecule has 2 aromatic heterocycles. The lowest BCUT2D eigenvalue weighted by Gasteiger charge is -2.26. The van der Waals surface area contributed by atoms with Crippen LogP contribution in [0.3, 0.4) is 0 Å². The van der Waals surface area contributed by atoms with E-state index in [9.17, 15) is 0 Å². The summed E-state index contributed by atoms with van der Waals surface area (Å²) in [7, 11) is 0. The Bertz CT molecular complexity index is 2470. The monoisotopic (exact) mass is 577 g/mol. The zero-order valence-corrected chi connectivity index (χ0v) is 24.4. The van der Waals surface area contributed by atoms with Crippen LogP contribution in [0.1, 0.15) is 0 Å². The maximum absolute atomic E-state index is 6.69. The van der Waals surface area contributed by atoms with Crippen LogP contribution < -0.4 is 4.90 Å². The molecule has 3 heteroatoms. The predicted molar refractivity (Wildman–Crippen MR) is 187 cm³/mol. The lowest BCUT2D eigenvalue weighted by molar-refractivity contribution is 0.669. The fourth-order valence-corrected chi connectivity index (χ4v) is 6.62. The minimum Gasteiger partial charge on any atom is -0.455 e. The first-order valence-corrected chi connectivity index (χ1v) is 15.2. The van der Waals surface area contributed by atoms with E-state index in [4.69, 9.17) is 8.83 Å². The molecule has 0 bridgehead atoms. The van der Waals surface area contributed by atoms with E-state index in [1.807, 2.05) is 30.3 Å². The first-order chi connectivity index (χ1) is 22.3. The van der Waals surface area contributed by atoms with Gasteiger partial charge in [-0.05, 0) is 59.2 Å². The Kier molecular flexibility index (Phi) is 5.82. The van der Waals surface area contributed by atoms with Gasteiger partial charge in [0.1, 0.15) is 16.7 Å². The molecule has 0 amide bonds. The number of hydrogen-bond donors (Lipinski definition) is 0. The van der Waals surface area contributed by atoms with Crippen molar-refractivity contribution >= 4 is 60.9 Å². The van der Waals surface area contributed by atoms with E-state index < -0.39 is 0 Å². The van der Waals surface area contributed by atoms with Gasteiger partial charge in [0.2, 0.25) is 0 Å². The lowest BCUT2D eigenvalue weighted by Crippen LogP contribution is -2.10. The van der Waals surface area contributed by atoms with Crippen molar-refractivity contribution < 1.29 is 8.83 Å². The van der Waals surface area contributed by atoms with Gasteiger partial charge >= 0.3 is 0 Å². The molecule has 0 atom stereocenters. The van der Waals surface area contributed by atoms with Gasteiger partial charge in [0.05, 0.1) is 5.69 Å². The lowest BCUT2D eigenvalue weighted by atomic mass is 9.98. The molecule has 0 saturated carbocycles. The van der Waals surface area contributed by atoms with Crippen LogP contribution in [0.25, 0.3) is 66.1 Å². The fraction of sp³-hybridized carbons (Fsp3) is 0. The molecule has 9 aromatic rings. The Labute approximate surface area is 260 Å². The number of para-hydroxylation sites is 4. The molecule has 0 fully saturated rings. The van der Waals surface area contributed by atoms with E-state index in [0.29, 0.717) is 0 Å². The van der Waals surface area contributed by atoms with Crippen LogP contribution in [0, 0.1) is 0 Å². The molecule has 0 aliphatic rings. The molecular weight excluding hydrogens is 550 g/mol. The van der Waals surface area contributed by atoms with Crippen LogP contribution in [0.4, 0.5) is 17.1 Å². The van der Waals surface area contributed by atoms with Crippen LogP contribution in [0.2, 0.25) is 0 Å². The van der Waals surface area contributed by atoms with E-state index in [2.05, 4.69) is 138 Å². The second-order valence-corrected chi connectivity index (χ2v) is 11.3. The zero-order valence-electron chi connectivity index (χ0n) is 24.4. The van der Waals surface area contributed by atoms with Gasteiger partial charge in [0.15, 0.2) is 5.58 Å². The van der Waals surface area contributed by atoms with Crippen molar-refractivity contribution in [2.45, 2.75) is 0 Å². The average molecular weight is 578 g/mol. The fourth-order valence-electron chi connectivity index (χ4n) is 6.62. The third kappa shape index (κ3) is 4.13. The zero-order chi connectivity index (χ0) is 29.7. The first kappa shape index (κ1) is 25.4. The summed E-state index contributed by atoms with van der Waals surface area (Å²) < 4.78 is 13.0. The number of benzene rings is 7. The summed E-state index contributed by atoms with van der Waals surface area (Å²) in [6, 6.07) is 57.1. The maximum atomic E-state index is 6.69. The SMILES string of the molecule is c1ccc(-c2ccc(N(c3ccccc3)c3ccc(-c4cccc5c4oc4ccccc45)cc3)c3oc4ccccc4c23)cc1. The first-order valence-electron chi connectivity index (χ1n) is 15.2. The molecule has 9 rings (SSSR count). The molecular formula is C42H27NO2. The van der Waals surface area contributed by atoms with Crippen molar-refractivity contribution in [3.63, 3.8) is 0 Å². The third-order valence-electron chi connectivity index (χ3n) is 8.69. The molecule has 45 heavy (non-hydrogen) atoms. The summed E-state index contributed by atoms with van der Waals surface area (Å²) in [4.78, 5) is 2.28. The van der Waals surface area contributed by atoms with Crippen molar-refractivity contribution in [2.75, 3.05) is 4.90 Å². The minimum atomic E-state index is 0.859. The summed E-state index contributed by atoms with van der Waals surface area (Å²) in [5.41, 5.74) is 11.1. The molecule has 0 N–H and O–H groups in total. The van der Waals surface area contributed by atoms with Gasteiger partial charge in [-0.25, -0.2) is 0 Å². The molecule has 7 aromatic carbocycles.